The van der Waals surface area contributed by atoms with Crippen molar-refractivity contribution in [2.45, 2.75) is 12.1 Å². The van der Waals surface area contributed by atoms with Gasteiger partial charge in [0.2, 0.25) is 0 Å². The molecule has 0 amide bonds. The van der Waals surface area contributed by atoms with Crippen LogP contribution in [0.15, 0.2) is 24.3 Å². The van der Waals surface area contributed by atoms with Gasteiger partial charge in [-0.05, 0) is 38.8 Å². The molecule has 17 heavy (non-hydrogen) atoms. The fourth-order valence-electron chi connectivity index (χ4n) is 1.87. The van der Waals surface area contributed by atoms with Crippen LogP contribution in [0.4, 0.5) is 0 Å². The summed E-state index contributed by atoms with van der Waals surface area (Å²) in [5.41, 5.74) is 0.918. The summed E-state index contributed by atoms with van der Waals surface area (Å²) in [5, 5.41) is 12.7. The van der Waals surface area contributed by atoms with Gasteiger partial charge in [0, 0.05) is 5.02 Å². The molecule has 0 heterocycles. The maximum atomic E-state index is 11.2. The SMILES string of the molecule is CNC(C(=O)O)C(c1ccc(Cl)cc1)N(C)C. The Hall–Kier alpha value is -1.10. The lowest BCUT2D eigenvalue weighted by molar-refractivity contribution is -0.141. The molecule has 0 aliphatic rings. The molecule has 2 atom stereocenters. The highest BCUT2D eigenvalue weighted by Crippen LogP contribution is 2.23. The van der Waals surface area contributed by atoms with Gasteiger partial charge in [-0.25, -0.2) is 0 Å². The van der Waals surface area contributed by atoms with Crippen LogP contribution in [0, 0.1) is 0 Å². The minimum absolute atomic E-state index is 0.241. The van der Waals surface area contributed by atoms with Gasteiger partial charge in [-0.15, -0.1) is 0 Å². The maximum absolute atomic E-state index is 11.2. The Bertz CT molecular complexity index is 379. The van der Waals surface area contributed by atoms with Crippen LogP contribution >= 0.6 is 11.6 Å². The van der Waals surface area contributed by atoms with Gasteiger partial charge < -0.3 is 15.3 Å². The van der Waals surface area contributed by atoms with E-state index in [-0.39, 0.29) is 6.04 Å². The molecule has 1 aromatic carbocycles. The van der Waals surface area contributed by atoms with E-state index in [1.807, 2.05) is 31.1 Å². The molecule has 1 rings (SSSR count). The zero-order valence-corrected chi connectivity index (χ0v) is 10.9. The van der Waals surface area contributed by atoms with Crippen LogP contribution in [0.25, 0.3) is 0 Å². The number of likely N-dealkylation sites (N-methyl/N-ethyl adjacent to an activating group) is 2. The maximum Gasteiger partial charge on any atom is 0.322 e. The van der Waals surface area contributed by atoms with Crippen LogP contribution in [0.3, 0.4) is 0 Å². The Kier molecular flexibility index (Phi) is 4.93. The predicted molar refractivity (Wildman–Crippen MR) is 68.4 cm³/mol. The second-order valence-electron chi connectivity index (χ2n) is 4.06. The Labute approximate surface area is 106 Å². The molecule has 0 spiro atoms. The van der Waals surface area contributed by atoms with E-state index in [9.17, 15) is 9.90 Å². The normalized spacial score (nSPS) is 14.6. The van der Waals surface area contributed by atoms with E-state index in [1.165, 1.54) is 0 Å². The smallest absolute Gasteiger partial charge is 0.322 e. The molecule has 5 heteroatoms. The van der Waals surface area contributed by atoms with Crippen LogP contribution in [0.5, 0.6) is 0 Å². The lowest BCUT2D eigenvalue weighted by Crippen LogP contribution is -2.45. The van der Waals surface area contributed by atoms with Gasteiger partial charge in [0.05, 0.1) is 6.04 Å². The van der Waals surface area contributed by atoms with E-state index in [2.05, 4.69) is 5.32 Å². The number of carboxylic acid groups (broad SMARTS) is 1. The van der Waals surface area contributed by atoms with Crippen molar-refractivity contribution in [1.82, 2.24) is 10.2 Å². The molecule has 2 unspecified atom stereocenters. The zero-order chi connectivity index (χ0) is 13.0. The van der Waals surface area contributed by atoms with Gasteiger partial charge >= 0.3 is 5.97 Å². The van der Waals surface area contributed by atoms with Crippen molar-refractivity contribution < 1.29 is 9.90 Å². The number of rotatable bonds is 5. The Balaban J connectivity index is 3.08. The highest BCUT2D eigenvalue weighted by atomic mass is 35.5. The highest BCUT2D eigenvalue weighted by molar-refractivity contribution is 6.30. The van der Waals surface area contributed by atoms with E-state index in [0.717, 1.165) is 5.56 Å². The topological polar surface area (TPSA) is 52.6 Å². The Morgan fingerprint density at radius 1 is 1.35 bits per heavy atom. The molecule has 94 valence electrons. The molecule has 0 aliphatic heterocycles. The number of carboxylic acids is 1. The van der Waals surface area contributed by atoms with E-state index < -0.39 is 12.0 Å². The quantitative estimate of drug-likeness (QED) is 0.841. The monoisotopic (exact) mass is 256 g/mol. The molecule has 0 radical (unpaired) electrons. The standard InChI is InChI=1S/C12H17ClN2O2/c1-14-10(12(16)17)11(15(2)3)8-4-6-9(13)7-5-8/h4-7,10-11,14H,1-3H3,(H,16,17). The average Bonchev–Trinajstić information content (AvgIpc) is 2.26. The third kappa shape index (κ3) is 3.43. The minimum Gasteiger partial charge on any atom is -0.480 e. The summed E-state index contributed by atoms with van der Waals surface area (Å²) in [6, 6.07) is 6.32. The van der Waals surface area contributed by atoms with Gasteiger partial charge in [0.15, 0.2) is 0 Å². The van der Waals surface area contributed by atoms with Crippen molar-refractivity contribution in [2.24, 2.45) is 0 Å². The molecule has 0 fully saturated rings. The number of carbonyl (C=O) groups is 1. The number of nitrogens with one attached hydrogen (secondary N) is 1. The highest BCUT2D eigenvalue weighted by Gasteiger charge is 2.29. The largest absolute Gasteiger partial charge is 0.480 e. The Morgan fingerprint density at radius 3 is 2.24 bits per heavy atom. The van der Waals surface area contributed by atoms with Gasteiger partial charge in [0.1, 0.15) is 6.04 Å². The number of nitrogens with zero attached hydrogens (tertiary/aromatic N) is 1. The summed E-state index contributed by atoms with van der Waals surface area (Å²) in [5.74, 6) is -0.874. The van der Waals surface area contributed by atoms with Crippen molar-refractivity contribution in [1.29, 1.82) is 0 Å². The molecular weight excluding hydrogens is 240 g/mol. The molecule has 1 aromatic rings. The first-order valence-corrected chi connectivity index (χ1v) is 5.67. The van der Waals surface area contributed by atoms with E-state index in [4.69, 9.17) is 11.6 Å². The molecule has 0 saturated carbocycles. The lowest BCUT2D eigenvalue weighted by atomic mass is 9.98. The molecule has 4 nitrogen and oxygen atoms in total. The summed E-state index contributed by atoms with van der Waals surface area (Å²) in [6.07, 6.45) is 0. The third-order valence-electron chi connectivity index (χ3n) is 2.66. The van der Waals surface area contributed by atoms with Crippen LogP contribution in [0.1, 0.15) is 11.6 Å². The zero-order valence-electron chi connectivity index (χ0n) is 10.1. The first kappa shape index (κ1) is 14.0. The first-order valence-electron chi connectivity index (χ1n) is 5.29. The fraction of sp³-hybridized carbons (Fsp3) is 0.417. The molecule has 0 bridgehead atoms. The van der Waals surface area contributed by atoms with Crippen LogP contribution in [-0.2, 0) is 4.79 Å². The summed E-state index contributed by atoms with van der Waals surface area (Å²) < 4.78 is 0. The molecular formula is C12H17ClN2O2. The van der Waals surface area contributed by atoms with E-state index in [1.54, 1.807) is 19.2 Å². The third-order valence-corrected chi connectivity index (χ3v) is 2.91. The van der Waals surface area contributed by atoms with Gasteiger partial charge in [-0.2, -0.15) is 0 Å². The first-order chi connectivity index (χ1) is 7.97. The molecule has 0 saturated heterocycles. The molecule has 2 N–H and O–H groups in total. The lowest BCUT2D eigenvalue weighted by Gasteiger charge is -2.30. The van der Waals surface area contributed by atoms with Crippen molar-refractivity contribution >= 4 is 17.6 Å². The average molecular weight is 257 g/mol. The van der Waals surface area contributed by atoms with Crippen molar-refractivity contribution in [3.8, 4) is 0 Å². The van der Waals surface area contributed by atoms with Crippen molar-refractivity contribution in [3.63, 3.8) is 0 Å². The van der Waals surface area contributed by atoms with Crippen LogP contribution < -0.4 is 5.32 Å². The van der Waals surface area contributed by atoms with Gasteiger partial charge in [0.25, 0.3) is 0 Å². The van der Waals surface area contributed by atoms with E-state index >= 15 is 0 Å². The summed E-state index contributed by atoms with van der Waals surface area (Å²) >= 11 is 5.83. The van der Waals surface area contributed by atoms with Crippen LogP contribution in [0.2, 0.25) is 5.02 Å². The summed E-state index contributed by atoms with van der Waals surface area (Å²) in [7, 11) is 5.35. The van der Waals surface area contributed by atoms with Gasteiger partial charge in [-0.3, -0.25) is 4.79 Å². The fourth-order valence-corrected chi connectivity index (χ4v) is 1.99. The number of aliphatic carboxylic acids is 1. The Morgan fingerprint density at radius 2 is 1.88 bits per heavy atom. The number of hydrogen-bond donors (Lipinski definition) is 2. The number of hydrogen-bond acceptors (Lipinski definition) is 3. The van der Waals surface area contributed by atoms with Crippen molar-refractivity contribution in [3.05, 3.63) is 34.9 Å². The number of halogens is 1. The molecule has 0 aliphatic carbocycles. The van der Waals surface area contributed by atoms with E-state index in [0.29, 0.717) is 5.02 Å². The molecule has 0 aromatic heterocycles. The van der Waals surface area contributed by atoms with Gasteiger partial charge in [-0.1, -0.05) is 23.7 Å². The second-order valence-corrected chi connectivity index (χ2v) is 4.50. The summed E-state index contributed by atoms with van der Waals surface area (Å²) in [6.45, 7) is 0. The minimum atomic E-state index is -0.874. The second kappa shape index (κ2) is 6.00. The van der Waals surface area contributed by atoms with Crippen LogP contribution in [-0.4, -0.2) is 43.2 Å². The summed E-state index contributed by atoms with van der Waals surface area (Å²) in [4.78, 5) is 13.1. The van der Waals surface area contributed by atoms with Crippen molar-refractivity contribution in [2.75, 3.05) is 21.1 Å². The number of benzene rings is 1. The predicted octanol–water partition coefficient (Wildman–Crippen LogP) is 1.62.